The highest BCUT2D eigenvalue weighted by Crippen LogP contribution is 2.32. The van der Waals surface area contributed by atoms with Crippen LogP contribution < -0.4 is 19.2 Å². The largest absolute Gasteiger partial charge is 0.493 e. The molecule has 4 aromatic rings. The van der Waals surface area contributed by atoms with Gasteiger partial charge in [-0.1, -0.05) is 24.3 Å². The molecule has 0 atom stereocenters. The number of aryl methyl sites for hydroxylation is 4. The Hall–Kier alpha value is -4.57. The fourth-order valence-corrected chi connectivity index (χ4v) is 6.38. The smallest absolute Gasteiger partial charge is 0.264 e. The van der Waals surface area contributed by atoms with Crippen LogP contribution in [-0.2, 0) is 14.8 Å². The molecule has 0 saturated carbocycles. The molecule has 0 bridgehead atoms. The van der Waals surface area contributed by atoms with Crippen LogP contribution in [0.3, 0.4) is 0 Å². The van der Waals surface area contributed by atoms with Crippen molar-refractivity contribution in [1.29, 1.82) is 0 Å². The SMILES string of the molecule is COc1ccc(S(=O)(=O)N(CC(=O)N/N=C\c2cc(C)n(-c3ccccc3C)c2C)c2cc(C)cc(C)c2)cc1OC. The first kappa shape index (κ1) is 30.4. The van der Waals surface area contributed by atoms with Gasteiger partial charge >= 0.3 is 0 Å². The molecule has 4 rings (SSSR count). The average molecular weight is 589 g/mol. The Kier molecular flexibility index (Phi) is 9.06. The molecule has 0 spiro atoms. The molecule has 220 valence electrons. The number of carbonyl (C=O) groups excluding carboxylic acids is 1. The van der Waals surface area contributed by atoms with Gasteiger partial charge in [-0.3, -0.25) is 9.10 Å². The van der Waals surface area contributed by atoms with E-state index in [0.29, 0.717) is 11.4 Å². The van der Waals surface area contributed by atoms with E-state index in [1.54, 1.807) is 18.3 Å². The molecule has 3 aromatic carbocycles. The molecule has 0 aliphatic carbocycles. The molecule has 1 amide bonds. The predicted molar refractivity (Wildman–Crippen MR) is 166 cm³/mol. The van der Waals surface area contributed by atoms with Gasteiger partial charge in [0.1, 0.15) is 6.54 Å². The Morgan fingerprint density at radius 1 is 0.905 bits per heavy atom. The molecular formula is C32H36N4O5S. The highest BCUT2D eigenvalue weighted by molar-refractivity contribution is 7.92. The molecular weight excluding hydrogens is 552 g/mol. The highest BCUT2D eigenvalue weighted by Gasteiger charge is 2.29. The zero-order valence-corrected chi connectivity index (χ0v) is 25.7. The van der Waals surface area contributed by atoms with Crippen molar-refractivity contribution in [2.24, 2.45) is 5.10 Å². The molecule has 10 heteroatoms. The number of aromatic nitrogens is 1. The number of nitrogens with one attached hydrogen (secondary N) is 1. The maximum Gasteiger partial charge on any atom is 0.264 e. The number of benzene rings is 3. The summed E-state index contributed by atoms with van der Waals surface area (Å²) in [5.74, 6) is 0.0572. The summed E-state index contributed by atoms with van der Waals surface area (Å²) in [7, 11) is -1.28. The molecule has 42 heavy (non-hydrogen) atoms. The lowest BCUT2D eigenvalue weighted by molar-refractivity contribution is -0.119. The monoisotopic (exact) mass is 588 g/mol. The Labute approximate surface area is 247 Å². The van der Waals surface area contributed by atoms with Crippen molar-refractivity contribution in [1.82, 2.24) is 9.99 Å². The van der Waals surface area contributed by atoms with E-state index in [9.17, 15) is 13.2 Å². The van der Waals surface area contributed by atoms with Gasteiger partial charge in [0, 0.05) is 28.7 Å². The zero-order valence-electron chi connectivity index (χ0n) is 24.9. The molecule has 1 heterocycles. The van der Waals surface area contributed by atoms with E-state index >= 15 is 0 Å². The number of hydrazone groups is 1. The minimum absolute atomic E-state index is 0.0424. The molecule has 1 aromatic heterocycles. The number of sulfonamides is 1. The third kappa shape index (κ3) is 6.33. The lowest BCUT2D eigenvalue weighted by Crippen LogP contribution is -2.39. The number of nitrogens with zero attached hydrogens (tertiary/aromatic N) is 3. The van der Waals surface area contributed by atoms with Crippen molar-refractivity contribution in [3.63, 3.8) is 0 Å². The van der Waals surface area contributed by atoms with Crippen LogP contribution in [0.5, 0.6) is 11.5 Å². The van der Waals surface area contributed by atoms with E-state index in [2.05, 4.69) is 34.2 Å². The van der Waals surface area contributed by atoms with Gasteiger partial charge in [0.05, 0.1) is 31.0 Å². The van der Waals surface area contributed by atoms with Crippen molar-refractivity contribution < 1.29 is 22.7 Å². The number of rotatable bonds is 10. The molecule has 0 unspecified atom stereocenters. The van der Waals surface area contributed by atoms with Gasteiger partial charge in [0.25, 0.3) is 15.9 Å². The van der Waals surface area contributed by atoms with Crippen LogP contribution >= 0.6 is 0 Å². The number of hydrogen-bond donors (Lipinski definition) is 1. The molecule has 0 aliphatic heterocycles. The molecule has 0 fully saturated rings. The van der Waals surface area contributed by atoms with Gasteiger partial charge in [-0.25, -0.2) is 13.8 Å². The summed E-state index contributed by atoms with van der Waals surface area (Å²) in [6, 6.07) is 19.8. The first-order chi connectivity index (χ1) is 20.0. The normalized spacial score (nSPS) is 11.5. The minimum atomic E-state index is -4.18. The van der Waals surface area contributed by atoms with Crippen molar-refractivity contribution in [3.8, 4) is 17.2 Å². The van der Waals surface area contributed by atoms with Crippen LogP contribution in [0.4, 0.5) is 5.69 Å². The summed E-state index contributed by atoms with van der Waals surface area (Å²) in [6.07, 6.45) is 1.57. The van der Waals surface area contributed by atoms with Crippen LogP contribution in [0.1, 0.15) is 33.6 Å². The molecule has 0 radical (unpaired) electrons. The molecule has 0 aliphatic rings. The van der Waals surface area contributed by atoms with E-state index in [-0.39, 0.29) is 10.6 Å². The van der Waals surface area contributed by atoms with Crippen LogP contribution in [0.25, 0.3) is 5.69 Å². The summed E-state index contributed by atoms with van der Waals surface area (Å²) in [5.41, 5.74) is 9.62. The first-order valence-electron chi connectivity index (χ1n) is 13.4. The van der Waals surface area contributed by atoms with Crippen molar-refractivity contribution in [3.05, 3.63) is 100 Å². The number of anilines is 1. The number of hydrogen-bond acceptors (Lipinski definition) is 6. The average Bonchev–Trinajstić information content (AvgIpc) is 3.23. The fourth-order valence-electron chi connectivity index (χ4n) is 4.96. The van der Waals surface area contributed by atoms with E-state index in [1.807, 2.05) is 52.0 Å². The maximum absolute atomic E-state index is 13.9. The second-order valence-electron chi connectivity index (χ2n) is 10.1. The first-order valence-corrected chi connectivity index (χ1v) is 14.8. The molecule has 0 saturated heterocycles. The van der Waals surface area contributed by atoms with Gasteiger partial charge < -0.3 is 14.0 Å². The maximum atomic E-state index is 13.9. The van der Waals surface area contributed by atoms with Gasteiger partial charge in [0.15, 0.2) is 11.5 Å². The van der Waals surface area contributed by atoms with E-state index in [4.69, 9.17) is 9.47 Å². The summed E-state index contributed by atoms with van der Waals surface area (Å²) < 4.78 is 41.6. The Morgan fingerprint density at radius 3 is 2.21 bits per heavy atom. The molecule has 1 N–H and O–H groups in total. The number of carbonyl (C=O) groups is 1. The van der Waals surface area contributed by atoms with Crippen LogP contribution in [0.2, 0.25) is 0 Å². The van der Waals surface area contributed by atoms with Gasteiger partial charge in [-0.05, 0) is 87.7 Å². The van der Waals surface area contributed by atoms with Gasteiger partial charge in [0.2, 0.25) is 0 Å². The Morgan fingerprint density at radius 2 is 1.57 bits per heavy atom. The Balaban J connectivity index is 1.62. The third-order valence-electron chi connectivity index (χ3n) is 6.94. The predicted octanol–water partition coefficient (Wildman–Crippen LogP) is 5.38. The van der Waals surface area contributed by atoms with E-state index in [1.165, 1.54) is 32.4 Å². The fraction of sp³-hybridized carbons (Fsp3) is 0.250. The van der Waals surface area contributed by atoms with Gasteiger partial charge in [-0.15, -0.1) is 0 Å². The number of para-hydroxylation sites is 1. The Bertz CT molecular complexity index is 1740. The second-order valence-corrected chi connectivity index (χ2v) is 12.0. The number of methoxy groups -OCH3 is 2. The van der Waals surface area contributed by atoms with Crippen LogP contribution in [0, 0.1) is 34.6 Å². The van der Waals surface area contributed by atoms with Crippen molar-refractivity contribution in [2.75, 3.05) is 25.1 Å². The van der Waals surface area contributed by atoms with Crippen LogP contribution in [0.15, 0.2) is 76.7 Å². The summed E-state index contributed by atoms with van der Waals surface area (Å²) in [4.78, 5) is 13.1. The highest BCUT2D eigenvalue weighted by atomic mass is 32.2. The summed E-state index contributed by atoms with van der Waals surface area (Å²) in [6.45, 7) is 9.31. The number of ether oxygens (including phenoxy) is 2. The lowest BCUT2D eigenvalue weighted by atomic mass is 10.1. The van der Waals surface area contributed by atoms with Crippen molar-refractivity contribution in [2.45, 2.75) is 39.5 Å². The molecule has 9 nitrogen and oxygen atoms in total. The standard InChI is InChI=1S/C32H36N4O5S/c1-21-14-22(2)16-27(15-21)35(42(38,39)28-12-13-30(40-6)31(18-28)41-7)20-32(37)34-33-19-26-17-24(4)36(25(26)5)29-11-9-8-10-23(29)3/h8-19H,20H2,1-7H3,(H,34,37)/b33-19-. The van der Waals surface area contributed by atoms with E-state index in [0.717, 1.165) is 43.6 Å². The van der Waals surface area contributed by atoms with Gasteiger partial charge in [-0.2, -0.15) is 5.10 Å². The zero-order chi connectivity index (χ0) is 30.6. The summed E-state index contributed by atoms with van der Waals surface area (Å²) in [5, 5.41) is 4.16. The van der Waals surface area contributed by atoms with Crippen LogP contribution in [-0.4, -0.2) is 45.9 Å². The topological polar surface area (TPSA) is 102 Å². The summed E-state index contributed by atoms with van der Waals surface area (Å²) >= 11 is 0. The van der Waals surface area contributed by atoms with E-state index < -0.39 is 22.5 Å². The third-order valence-corrected chi connectivity index (χ3v) is 8.71. The minimum Gasteiger partial charge on any atom is -0.493 e. The second kappa shape index (κ2) is 12.5. The number of amides is 1. The lowest BCUT2D eigenvalue weighted by Gasteiger charge is -2.25. The van der Waals surface area contributed by atoms with Crippen molar-refractivity contribution >= 4 is 27.8 Å². The quantitative estimate of drug-likeness (QED) is 0.198.